The molecule has 1 aliphatic heterocycles. The Hall–Kier alpha value is -3.11. The van der Waals surface area contributed by atoms with Crippen LogP contribution in [0.1, 0.15) is 30.4 Å². The quantitative estimate of drug-likeness (QED) is 0.398. The molecule has 1 saturated heterocycles. The number of nitrogens with zero attached hydrogens (tertiary/aromatic N) is 4. The summed E-state index contributed by atoms with van der Waals surface area (Å²) in [5.74, 6) is 1.74. The van der Waals surface area contributed by atoms with E-state index < -0.39 is 21.8 Å². The Morgan fingerprint density at radius 1 is 1.08 bits per heavy atom. The molecule has 2 aliphatic carbocycles. The molecule has 0 amide bonds. The summed E-state index contributed by atoms with van der Waals surface area (Å²) >= 11 is 0. The average Bonchev–Trinajstić information content (AvgIpc) is 3.27. The number of sulfonamides is 1. The maximum Gasteiger partial charge on any atom is 0.416 e. The van der Waals surface area contributed by atoms with Crippen molar-refractivity contribution in [1.82, 2.24) is 14.1 Å². The van der Waals surface area contributed by atoms with E-state index in [2.05, 4.69) is 17.1 Å². The van der Waals surface area contributed by atoms with Gasteiger partial charge < -0.3 is 4.90 Å². The number of rotatable bonds is 7. The Morgan fingerprint density at radius 2 is 1.84 bits per heavy atom. The van der Waals surface area contributed by atoms with Crippen LogP contribution in [0, 0.1) is 11.8 Å². The number of alkyl halides is 3. The summed E-state index contributed by atoms with van der Waals surface area (Å²) in [6, 6.07) is 10.3. The standard InChI is InChI=1S/C28H29F3N4O2S/c1-33(17-19-8-9-20-15-22(20)14-19)38(36,37)23-10-11-26-24(16-23)27(34-12-4-5-13-34)32-35(26)18-21-6-2-3-7-25(21)28(29,30)31/h2-3,6-11,14,16,20,22H,4-5,12-13,15,17-18H2,1H3. The van der Waals surface area contributed by atoms with Crippen molar-refractivity contribution in [3.05, 3.63) is 77.4 Å². The molecule has 1 saturated carbocycles. The van der Waals surface area contributed by atoms with Gasteiger partial charge in [0.25, 0.3) is 0 Å². The van der Waals surface area contributed by atoms with Crippen molar-refractivity contribution in [2.24, 2.45) is 11.8 Å². The Bertz CT molecular complexity index is 1550. The van der Waals surface area contributed by atoms with Gasteiger partial charge in [-0.3, -0.25) is 4.68 Å². The van der Waals surface area contributed by atoms with Crippen LogP contribution in [-0.4, -0.2) is 49.2 Å². The van der Waals surface area contributed by atoms with E-state index in [0.29, 0.717) is 28.6 Å². The fraction of sp³-hybridized carbons (Fsp3) is 0.393. The normalized spacial score (nSPS) is 21.3. The van der Waals surface area contributed by atoms with Crippen LogP contribution in [0.4, 0.5) is 19.0 Å². The maximum absolute atomic E-state index is 13.7. The zero-order valence-corrected chi connectivity index (χ0v) is 21.8. The van der Waals surface area contributed by atoms with Gasteiger partial charge in [0, 0.05) is 32.1 Å². The van der Waals surface area contributed by atoms with Gasteiger partial charge >= 0.3 is 6.18 Å². The highest BCUT2D eigenvalue weighted by Gasteiger charge is 2.36. The van der Waals surface area contributed by atoms with E-state index in [1.54, 1.807) is 29.9 Å². The molecule has 1 aromatic heterocycles. The van der Waals surface area contributed by atoms with Crippen LogP contribution in [0.2, 0.25) is 0 Å². The summed E-state index contributed by atoms with van der Waals surface area (Å²) in [7, 11) is -2.22. The molecule has 2 unspecified atom stereocenters. The van der Waals surface area contributed by atoms with E-state index in [1.165, 1.54) is 22.5 Å². The van der Waals surface area contributed by atoms with Gasteiger partial charge in [0.1, 0.15) is 0 Å². The summed E-state index contributed by atoms with van der Waals surface area (Å²) < 4.78 is 70.9. The minimum atomic E-state index is -4.48. The Morgan fingerprint density at radius 3 is 2.58 bits per heavy atom. The van der Waals surface area contributed by atoms with Crippen LogP contribution in [-0.2, 0) is 22.7 Å². The first-order valence-electron chi connectivity index (χ1n) is 12.9. The first-order chi connectivity index (χ1) is 18.1. The van der Waals surface area contributed by atoms with Gasteiger partial charge in [-0.05, 0) is 66.5 Å². The smallest absolute Gasteiger partial charge is 0.355 e. The van der Waals surface area contributed by atoms with Crippen molar-refractivity contribution in [2.45, 2.75) is 36.9 Å². The molecule has 0 spiro atoms. The van der Waals surface area contributed by atoms with Crippen LogP contribution >= 0.6 is 0 Å². The van der Waals surface area contributed by atoms with Gasteiger partial charge in [-0.2, -0.15) is 22.6 Å². The molecule has 38 heavy (non-hydrogen) atoms. The third-order valence-electron chi connectivity index (χ3n) is 7.74. The number of halogens is 3. The van der Waals surface area contributed by atoms with Crippen molar-refractivity contribution in [2.75, 3.05) is 31.6 Å². The number of anilines is 1. The van der Waals surface area contributed by atoms with Crippen LogP contribution in [0.5, 0.6) is 0 Å². The van der Waals surface area contributed by atoms with Gasteiger partial charge in [-0.25, -0.2) is 8.42 Å². The van der Waals surface area contributed by atoms with Crippen LogP contribution in [0.3, 0.4) is 0 Å². The number of allylic oxidation sites excluding steroid dienone is 2. The predicted molar refractivity (Wildman–Crippen MR) is 140 cm³/mol. The largest absolute Gasteiger partial charge is 0.416 e. The SMILES string of the molecule is CN(CC1=CC2CC2C=C1)S(=O)(=O)c1ccc2c(c1)c(N1CCCC1)nn2Cc1ccccc1C(F)(F)F. The first-order valence-corrected chi connectivity index (χ1v) is 14.3. The van der Waals surface area contributed by atoms with Gasteiger partial charge in [-0.1, -0.05) is 36.4 Å². The van der Waals surface area contributed by atoms with Crippen LogP contribution in [0.25, 0.3) is 10.9 Å². The summed E-state index contributed by atoms with van der Waals surface area (Å²) in [5.41, 5.74) is 1.00. The Labute approximate surface area is 220 Å². The molecule has 3 aliphatic rings. The van der Waals surface area contributed by atoms with Crippen molar-refractivity contribution in [1.29, 1.82) is 0 Å². The van der Waals surface area contributed by atoms with E-state index in [0.717, 1.165) is 44.0 Å². The molecule has 200 valence electrons. The highest BCUT2D eigenvalue weighted by atomic mass is 32.2. The average molecular weight is 543 g/mol. The zero-order valence-electron chi connectivity index (χ0n) is 21.0. The van der Waals surface area contributed by atoms with E-state index in [1.807, 2.05) is 6.08 Å². The van der Waals surface area contributed by atoms with E-state index in [9.17, 15) is 21.6 Å². The van der Waals surface area contributed by atoms with Gasteiger partial charge in [0.2, 0.25) is 10.0 Å². The lowest BCUT2D eigenvalue weighted by molar-refractivity contribution is -0.138. The van der Waals surface area contributed by atoms with Crippen molar-refractivity contribution in [3.63, 3.8) is 0 Å². The molecular formula is C28H29F3N4O2S. The Kier molecular flexibility index (Phi) is 6.14. The molecule has 3 aromatic rings. The number of hydrogen-bond acceptors (Lipinski definition) is 4. The summed E-state index contributed by atoms with van der Waals surface area (Å²) in [5, 5.41) is 5.34. The molecule has 2 fully saturated rings. The van der Waals surface area contributed by atoms with Gasteiger partial charge in [0.05, 0.1) is 22.5 Å². The minimum Gasteiger partial charge on any atom is -0.355 e. The lowest BCUT2D eigenvalue weighted by Gasteiger charge is -2.19. The number of likely N-dealkylation sites (N-methyl/N-ethyl adjacent to an activating group) is 1. The van der Waals surface area contributed by atoms with E-state index in [-0.39, 0.29) is 23.5 Å². The minimum absolute atomic E-state index is 0.0747. The monoisotopic (exact) mass is 542 g/mol. The lowest BCUT2D eigenvalue weighted by Crippen LogP contribution is -2.29. The highest BCUT2D eigenvalue weighted by Crippen LogP contribution is 2.44. The second-order valence-corrected chi connectivity index (χ2v) is 12.5. The molecule has 0 radical (unpaired) electrons. The lowest BCUT2D eigenvalue weighted by atomic mass is 10.1. The topological polar surface area (TPSA) is 58.4 Å². The summed E-state index contributed by atoms with van der Waals surface area (Å²) in [6.45, 7) is 1.75. The third-order valence-corrected chi connectivity index (χ3v) is 9.54. The zero-order chi connectivity index (χ0) is 26.7. The number of benzene rings is 2. The number of fused-ring (bicyclic) bond motifs is 2. The van der Waals surface area contributed by atoms with Crippen LogP contribution < -0.4 is 4.90 Å². The van der Waals surface area contributed by atoms with Crippen molar-refractivity contribution >= 4 is 26.7 Å². The molecule has 10 heteroatoms. The van der Waals surface area contributed by atoms with E-state index in [4.69, 9.17) is 5.10 Å². The van der Waals surface area contributed by atoms with Crippen LogP contribution in [0.15, 0.2) is 71.2 Å². The fourth-order valence-electron chi connectivity index (χ4n) is 5.53. The first kappa shape index (κ1) is 25.2. The molecule has 6 nitrogen and oxygen atoms in total. The molecule has 0 bridgehead atoms. The maximum atomic E-state index is 13.7. The molecule has 6 rings (SSSR count). The van der Waals surface area contributed by atoms with E-state index >= 15 is 0 Å². The molecule has 0 N–H and O–H groups in total. The fourth-order valence-corrected chi connectivity index (χ4v) is 6.72. The van der Waals surface area contributed by atoms with Crippen molar-refractivity contribution in [3.8, 4) is 0 Å². The number of aromatic nitrogens is 2. The molecule has 2 atom stereocenters. The molecule has 2 heterocycles. The third kappa shape index (κ3) is 4.64. The van der Waals surface area contributed by atoms with Gasteiger partial charge in [0.15, 0.2) is 5.82 Å². The molecule has 2 aromatic carbocycles. The number of hydrogen-bond donors (Lipinski definition) is 0. The van der Waals surface area contributed by atoms with Gasteiger partial charge in [-0.15, -0.1) is 0 Å². The second-order valence-electron chi connectivity index (χ2n) is 10.4. The predicted octanol–water partition coefficient (Wildman–Crippen LogP) is 5.46. The molecular weight excluding hydrogens is 513 g/mol. The second kappa shape index (κ2) is 9.27. The summed E-state index contributed by atoms with van der Waals surface area (Å²) in [4.78, 5) is 2.23. The van der Waals surface area contributed by atoms with Crippen molar-refractivity contribution < 1.29 is 21.6 Å². The summed E-state index contributed by atoms with van der Waals surface area (Å²) in [6.07, 6.45) is 4.94. The highest BCUT2D eigenvalue weighted by molar-refractivity contribution is 7.89. The Balaban J connectivity index is 1.37.